The molecule has 1 aromatic rings. The lowest BCUT2D eigenvalue weighted by molar-refractivity contribution is -0.148. The average molecular weight is 466 g/mol. The number of anilines is 2. The van der Waals surface area contributed by atoms with Gasteiger partial charge in [-0.15, -0.1) is 0 Å². The fourth-order valence-corrected chi connectivity index (χ4v) is 3.90. The third kappa shape index (κ3) is 7.19. The number of carbonyl (C=O) groups is 3. The third-order valence-electron chi connectivity index (χ3n) is 5.71. The molecule has 0 spiro atoms. The van der Waals surface area contributed by atoms with Crippen LogP contribution in [0.3, 0.4) is 0 Å². The molecule has 0 aliphatic heterocycles. The molecular weight excluding hydrogens is 430 g/mol. The van der Waals surface area contributed by atoms with E-state index in [-0.39, 0.29) is 43.0 Å². The van der Waals surface area contributed by atoms with Crippen LogP contribution in [0.15, 0.2) is 9.59 Å². The highest BCUT2D eigenvalue weighted by Crippen LogP contribution is 2.23. The summed E-state index contributed by atoms with van der Waals surface area (Å²) in [5, 5.41) is 2.57. The summed E-state index contributed by atoms with van der Waals surface area (Å²) in [5.74, 6) is -1.78. The van der Waals surface area contributed by atoms with Crippen LogP contribution in [0.4, 0.5) is 11.5 Å². The highest BCUT2D eigenvalue weighted by atomic mass is 16.5. The normalized spacial score (nSPS) is 14.0. The first-order valence-electron chi connectivity index (χ1n) is 11.7. The molecule has 184 valence electrons. The number of H-pyrrole nitrogens is 1. The van der Waals surface area contributed by atoms with Crippen LogP contribution in [0.25, 0.3) is 0 Å². The lowest BCUT2D eigenvalue weighted by Gasteiger charge is -2.24. The maximum Gasteiger partial charge on any atom is 0.330 e. The summed E-state index contributed by atoms with van der Waals surface area (Å²) in [5.41, 5.74) is 4.52. The Morgan fingerprint density at radius 3 is 2.48 bits per heavy atom. The Morgan fingerprint density at radius 2 is 1.85 bits per heavy atom. The van der Waals surface area contributed by atoms with Gasteiger partial charge < -0.3 is 20.7 Å². The Balaban J connectivity index is 2.05. The monoisotopic (exact) mass is 465 g/mol. The molecule has 4 N–H and O–H groups in total. The Labute approximate surface area is 192 Å². The largest absolute Gasteiger partial charge is 0.454 e. The molecule has 0 aromatic carbocycles. The van der Waals surface area contributed by atoms with E-state index in [1.54, 1.807) is 0 Å². The van der Waals surface area contributed by atoms with Gasteiger partial charge in [0.15, 0.2) is 12.3 Å². The molecule has 1 heterocycles. The smallest absolute Gasteiger partial charge is 0.330 e. The number of nitrogens with one attached hydrogen (secondary N) is 2. The predicted molar refractivity (Wildman–Crippen MR) is 124 cm³/mol. The van der Waals surface area contributed by atoms with Gasteiger partial charge in [-0.25, -0.2) is 4.79 Å². The second-order valence-corrected chi connectivity index (χ2v) is 8.26. The highest BCUT2D eigenvalue weighted by molar-refractivity contribution is 5.97. The van der Waals surface area contributed by atoms with Crippen molar-refractivity contribution in [1.82, 2.24) is 14.9 Å². The number of ether oxygens (including phenoxy) is 1. The molecule has 11 nitrogen and oxygen atoms in total. The van der Waals surface area contributed by atoms with E-state index in [0.717, 1.165) is 43.4 Å². The van der Waals surface area contributed by atoms with E-state index in [2.05, 4.69) is 10.3 Å². The fourth-order valence-electron chi connectivity index (χ4n) is 3.90. The predicted octanol–water partition coefficient (Wildman–Crippen LogP) is 0.902. The molecule has 0 bridgehead atoms. The Morgan fingerprint density at radius 1 is 1.15 bits per heavy atom. The molecule has 1 aliphatic carbocycles. The summed E-state index contributed by atoms with van der Waals surface area (Å²) in [6.07, 6.45) is 6.64. The molecule has 0 saturated heterocycles. The Hall–Kier alpha value is -3.11. The van der Waals surface area contributed by atoms with Gasteiger partial charge in [0, 0.05) is 19.0 Å². The number of carbonyl (C=O) groups excluding carboxylic acids is 3. The zero-order valence-corrected chi connectivity index (χ0v) is 19.5. The third-order valence-corrected chi connectivity index (χ3v) is 5.71. The van der Waals surface area contributed by atoms with Crippen molar-refractivity contribution in [3.05, 3.63) is 20.8 Å². The molecule has 2 rings (SSSR count). The molecule has 1 aromatic heterocycles. The zero-order chi connectivity index (χ0) is 24.4. The minimum atomic E-state index is -0.777. The van der Waals surface area contributed by atoms with Gasteiger partial charge in [0.1, 0.15) is 12.4 Å². The van der Waals surface area contributed by atoms with Crippen molar-refractivity contribution in [2.45, 2.75) is 71.8 Å². The molecule has 11 heteroatoms. The molecule has 33 heavy (non-hydrogen) atoms. The number of unbranched alkanes of at least 4 members (excludes halogenated alkanes) is 1. The van der Waals surface area contributed by atoms with Crippen LogP contribution in [-0.4, -0.2) is 47.0 Å². The van der Waals surface area contributed by atoms with E-state index in [0.29, 0.717) is 12.8 Å². The first kappa shape index (κ1) is 26.1. The number of nitrogens with zero attached hydrogens (tertiary/aromatic N) is 2. The van der Waals surface area contributed by atoms with Gasteiger partial charge >= 0.3 is 11.7 Å². The molecular formula is C22H35N5O6. The minimum Gasteiger partial charge on any atom is -0.454 e. The van der Waals surface area contributed by atoms with Crippen molar-refractivity contribution in [3.63, 3.8) is 0 Å². The number of nitrogens with two attached hydrogens (primary N) is 1. The Bertz CT molecular complexity index is 948. The van der Waals surface area contributed by atoms with E-state index in [4.69, 9.17) is 10.5 Å². The van der Waals surface area contributed by atoms with Crippen LogP contribution in [0.2, 0.25) is 0 Å². The molecule has 2 amide bonds. The van der Waals surface area contributed by atoms with Crippen LogP contribution in [-0.2, 0) is 25.7 Å². The lowest BCUT2D eigenvalue weighted by atomic mass is 9.89. The van der Waals surface area contributed by atoms with Crippen molar-refractivity contribution in [2.24, 2.45) is 5.92 Å². The van der Waals surface area contributed by atoms with Crippen molar-refractivity contribution in [2.75, 3.05) is 30.3 Å². The second-order valence-electron chi connectivity index (χ2n) is 8.26. The quantitative estimate of drug-likeness (QED) is 0.410. The standard InChI is InChI=1S/C22H35N5O6/c1-3-5-12-26(18-19(23)27(11-4-2)22(32)25-21(18)31)16(28)14-33-17(29)13-24-20(30)15-9-7-6-8-10-15/h15H,3-14,23H2,1-2H3,(H,24,30)(H,25,31,32). The van der Waals surface area contributed by atoms with Crippen LogP contribution in [0.1, 0.15) is 65.2 Å². The van der Waals surface area contributed by atoms with Gasteiger partial charge in [0.05, 0.1) is 0 Å². The molecule has 0 atom stereocenters. The topological polar surface area (TPSA) is 157 Å². The summed E-state index contributed by atoms with van der Waals surface area (Å²) in [6, 6.07) is 0. The number of aromatic amines is 1. The number of hydrogen-bond acceptors (Lipinski definition) is 7. The molecule has 0 radical (unpaired) electrons. The maximum absolute atomic E-state index is 12.9. The lowest BCUT2D eigenvalue weighted by Crippen LogP contribution is -2.43. The fraction of sp³-hybridized carbons (Fsp3) is 0.682. The summed E-state index contributed by atoms with van der Waals surface area (Å²) in [4.78, 5) is 65.0. The summed E-state index contributed by atoms with van der Waals surface area (Å²) in [7, 11) is 0. The molecule has 1 fully saturated rings. The zero-order valence-electron chi connectivity index (χ0n) is 19.5. The van der Waals surface area contributed by atoms with Crippen molar-refractivity contribution < 1.29 is 19.1 Å². The number of amides is 2. The van der Waals surface area contributed by atoms with Gasteiger partial charge in [-0.1, -0.05) is 39.5 Å². The Kier molecular flexibility index (Phi) is 10.1. The van der Waals surface area contributed by atoms with Crippen molar-refractivity contribution in [1.29, 1.82) is 0 Å². The van der Waals surface area contributed by atoms with Gasteiger partial charge in [-0.3, -0.25) is 28.7 Å². The summed E-state index contributed by atoms with van der Waals surface area (Å²) < 4.78 is 6.24. The van der Waals surface area contributed by atoms with E-state index < -0.39 is 29.7 Å². The summed E-state index contributed by atoms with van der Waals surface area (Å²) >= 11 is 0. The van der Waals surface area contributed by atoms with Crippen LogP contribution in [0, 0.1) is 5.92 Å². The van der Waals surface area contributed by atoms with Gasteiger partial charge in [0.25, 0.3) is 11.5 Å². The number of rotatable bonds is 11. The minimum absolute atomic E-state index is 0.0915. The first-order valence-corrected chi connectivity index (χ1v) is 11.7. The highest BCUT2D eigenvalue weighted by Gasteiger charge is 2.25. The average Bonchev–Trinajstić information content (AvgIpc) is 2.81. The molecule has 1 saturated carbocycles. The van der Waals surface area contributed by atoms with Crippen LogP contribution >= 0.6 is 0 Å². The number of esters is 1. The summed E-state index contributed by atoms with van der Waals surface area (Å²) in [6.45, 7) is 3.27. The second kappa shape index (κ2) is 12.8. The van der Waals surface area contributed by atoms with E-state index in [1.807, 2.05) is 13.8 Å². The van der Waals surface area contributed by atoms with E-state index in [9.17, 15) is 24.0 Å². The van der Waals surface area contributed by atoms with Crippen LogP contribution < -0.4 is 27.2 Å². The SMILES string of the molecule is CCCCN(C(=O)COC(=O)CNC(=O)C1CCCCC1)c1c(N)n(CCC)c(=O)[nH]c1=O. The first-order chi connectivity index (χ1) is 15.8. The molecule has 0 unspecified atom stereocenters. The number of nitrogen functional groups attached to an aromatic ring is 1. The molecule has 1 aliphatic rings. The van der Waals surface area contributed by atoms with Gasteiger partial charge in [-0.2, -0.15) is 0 Å². The van der Waals surface area contributed by atoms with Gasteiger partial charge in [-0.05, 0) is 25.7 Å². The van der Waals surface area contributed by atoms with Crippen LogP contribution in [0.5, 0.6) is 0 Å². The van der Waals surface area contributed by atoms with E-state index in [1.165, 1.54) is 4.57 Å². The van der Waals surface area contributed by atoms with Gasteiger partial charge in [0.2, 0.25) is 5.91 Å². The number of aromatic nitrogens is 2. The van der Waals surface area contributed by atoms with Crippen molar-refractivity contribution >= 4 is 29.3 Å². The number of hydrogen-bond donors (Lipinski definition) is 3. The maximum atomic E-state index is 12.9. The van der Waals surface area contributed by atoms with Crippen molar-refractivity contribution in [3.8, 4) is 0 Å². The van der Waals surface area contributed by atoms with E-state index >= 15 is 0 Å².